The third-order valence-corrected chi connectivity index (χ3v) is 7.06. The van der Waals surface area contributed by atoms with Crippen molar-refractivity contribution in [1.82, 2.24) is 0 Å². The molecule has 0 saturated heterocycles. The summed E-state index contributed by atoms with van der Waals surface area (Å²) in [6.07, 6.45) is 2.69. The summed E-state index contributed by atoms with van der Waals surface area (Å²) in [5, 5.41) is 13.8. The Balaban J connectivity index is 1.29. The summed E-state index contributed by atoms with van der Waals surface area (Å²) in [7, 11) is 0. The Morgan fingerprint density at radius 2 is 1.45 bits per heavy atom. The molecule has 186 valence electrons. The summed E-state index contributed by atoms with van der Waals surface area (Å²) in [5.74, 6) is -0.126. The van der Waals surface area contributed by atoms with Crippen LogP contribution in [0.15, 0.2) is 125 Å². The van der Waals surface area contributed by atoms with Gasteiger partial charge in [0.15, 0.2) is 0 Å². The van der Waals surface area contributed by atoms with E-state index in [2.05, 4.69) is 46.5 Å². The average Bonchev–Trinajstić information content (AvgIpc) is 3.52. The minimum Gasteiger partial charge on any atom is -0.267 e. The maximum Gasteiger partial charge on any atom is 0.280 e. The van der Waals surface area contributed by atoms with E-state index in [0.29, 0.717) is 16.3 Å². The van der Waals surface area contributed by atoms with Gasteiger partial charge in [-0.15, -0.1) is 0 Å². The first kappa shape index (κ1) is 23.9. The zero-order valence-corrected chi connectivity index (χ0v) is 21.6. The SMILES string of the molecule is CC1=NN(c2ccccc2)C(=O)/C1=C/c1ccc(N2N=C(c3ccc(Cl)cc3)CC2c2ccccc2)cc1. The highest BCUT2D eigenvalue weighted by atomic mass is 35.5. The quantitative estimate of drug-likeness (QED) is 0.258. The van der Waals surface area contributed by atoms with Crippen LogP contribution in [0, 0.1) is 0 Å². The molecule has 38 heavy (non-hydrogen) atoms. The van der Waals surface area contributed by atoms with Crippen LogP contribution < -0.4 is 10.0 Å². The molecule has 0 N–H and O–H groups in total. The van der Waals surface area contributed by atoms with Crippen LogP contribution in [0.2, 0.25) is 5.02 Å². The highest BCUT2D eigenvalue weighted by Gasteiger charge is 2.30. The zero-order valence-electron chi connectivity index (χ0n) is 20.8. The highest BCUT2D eigenvalue weighted by Crippen LogP contribution is 2.37. The summed E-state index contributed by atoms with van der Waals surface area (Å²) in [6, 6.07) is 36.0. The van der Waals surface area contributed by atoms with Gasteiger partial charge < -0.3 is 0 Å². The molecule has 2 aliphatic rings. The van der Waals surface area contributed by atoms with Gasteiger partial charge in [-0.1, -0.05) is 84.4 Å². The lowest BCUT2D eigenvalue weighted by Crippen LogP contribution is -2.21. The molecule has 0 aliphatic carbocycles. The first-order valence-corrected chi connectivity index (χ1v) is 12.9. The fraction of sp³-hybridized carbons (Fsp3) is 0.0938. The van der Waals surface area contributed by atoms with Crippen molar-refractivity contribution in [1.29, 1.82) is 0 Å². The van der Waals surface area contributed by atoms with Crippen molar-refractivity contribution in [2.75, 3.05) is 10.0 Å². The number of hydrogen-bond acceptors (Lipinski definition) is 4. The number of hydrogen-bond donors (Lipinski definition) is 0. The molecule has 5 nitrogen and oxygen atoms in total. The van der Waals surface area contributed by atoms with Gasteiger partial charge in [0.1, 0.15) is 0 Å². The van der Waals surface area contributed by atoms with E-state index in [1.165, 1.54) is 10.6 Å². The van der Waals surface area contributed by atoms with Gasteiger partial charge >= 0.3 is 0 Å². The molecule has 4 aromatic carbocycles. The molecule has 6 heteroatoms. The predicted molar refractivity (Wildman–Crippen MR) is 156 cm³/mol. The number of carbonyl (C=O) groups is 1. The summed E-state index contributed by atoms with van der Waals surface area (Å²) in [5.41, 5.74) is 7.25. The van der Waals surface area contributed by atoms with Crippen LogP contribution in [0.1, 0.15) is 36.1 Å². The number of amides is 1. The second-order valence-corrected chi connectivity index (χ2v) is 9.75. The normalized spacial score (nSPS) is 18.2. The number of para-hydroxylation sites is 1. The van der Waals surface area contributed by atoms with Gasteiger partial charge in [-0.3, -0.25) is 9.80 Å². The van der Waals surface area contributed by atoms with Gasteiger partial charge in [0.2, 0.25) is 0 Å². The van der Waals surface area contributed by atoms with Crippen molar-refractivity contribution in [3.8, 4) is 0 Å². The first-order chi connectivity index (χ1) is 18.6. The maximum atomic E-state index is 13.1. The second kappa shape index (κ2) is 10.1. The van der Waals surface area contributed by atoms with Crippen molar-refractivity contribution in [3.63, 3.8) is 0 Å². The molecule has 0 fully saturated rings. The molecule has 6 rings (SSSR count). The molecule has 0 spiro atoms. The van der Waals surface area contributed by atoms with Crippen molar-refractivity contribution < 1.29 is 4.79 Å². The predicted octanol–water partition coefficient (Wildman–Crippen LogP) is 7.50. The van der Waals surface area contributed by atoms with Crippen LogP contribution in [0.25, 0.3) is 6.08 Å². The van der Waals surface area contributed by atoms with E-state index < -0.39 is 0 Å². The Labute approximate surface area is 227 Å². The van der Waals surface area contributed by atoms with Gasteiger partial charge in [0, 0.05) is 11.4 Å². The van der Waals surface area contributed by atoms with Crippen LogP contribution in [-0.4, -0.2) is 17.3 Å². The Kier molecular flexibility index (Phi) is 6.36. The number of carbonyl (C=O) groups excluding carboxylic acids is 1. The fourth-order valence-corrected chi connectivity index (χ4v) is 4.94. The highest BCUT2D eigenvalue weighted by molar-refractivity contribution is 6.32. The molecule has 1 amide bonds. The largest absolute Gasteiger partial charge is 0.280 e. The van der Waals surface area contributed by atoms with Crippen LogP contribution in [-0.2, 0) is 4.79 Å². The smallest absolute Gasteiger partial charge is 0.267 e. The molecule has 0 radical (unpaired) electrons. The third-order valence-electron chi connectivity index (χ3n) is 6.80. The van der Waals surface area contributed by atoms with Crippen LogP contribution in [0.5, 0.6) is 0 Å². The average molecular weight is 517 g/mol. The summed E-state index contributed by atoms with van der Waals surface area (Å²) in [6.45, 7) is 1.86. The van der Waals surface area contributed by atoms with Gasteiger partial charge in [0.05, 0.1) is 34.4 Å². The molecular formula is C32H25ClN4O. The lowest BCUT2D eigenvalue weighted by molar-refractivity contribution is -0.114. The molecular weight excluding hydrogens is 492 g/mol. The van der Waals surface area contributed by atoms with Crippen LogP contribution >= 0.6 is 11.6 Å². The van der Waals surface area contributed by atoms with Crippen LogP contribution in [0.3, 0.4) is 0 Å². The fourth-order valence-electron chi connectivity index (χ4n) is 4.82. The number of anilines is 2. The van der Waals surface area contributed by atoms with E-state index in [-0.39, 0.29) is 11.9 Å². The number of rotatable bonds is 5. The summed E-state index contributed by atoms with van der Waals surface area (Å²) >= 11 is 6.11. The van der Waals surface area contributed by atoms with Gasteiger partial charge in [-0.25, -0.2) is 0 Å². The minimum atomic E-state index is -0.126. The molecule has 0 saturated carbocycles. The molecule has 2 heterocycles. The number of hydrazone groups is 2. The topological polar surface area (TPSA) is 48.3 Å². The van der Waals surface area contributed by atoms with Gasteiger partial charge in [-0.05, 0) is 66.1 Å². The van der Waals surface area contributed by atoms with Crippen LogP contribution in [0.4, 0.5) is 11.4 Å². The van der Waals surface area contributed by atoms with Gasteiger partial charge in [-0.2, -0.15) is 15.2 Å². The van der Waals surface area contributed by atoms with E-state index in [1.807, 2.05) is 85.8 Å². The monoisotopic (exact) mass is 516 g/mol. The Morgan fingerprint density at radius 1 is 0.789 bits per heavy atom. The Hall–Kier alpha value is -4.48. The first-order valence-electron chi connectivity index (χ1n) is 12.5. The molecule has 1 atom stereocenters. The van der Waals surface area contributed by atoms with Crippen molar-refractivity contribution in [2.45, 2.75) is 19.4 Å². The zero-order chi connectivity index (χ0) is 26.1. The lowest BCUT2D eigenvalue weighted by atomic mass is 9.98. The van der Waals surface area contributed by atoms with E-state index >= 15 is 0 Å². The van der Waals surface area contributed by atoms with E-state index in [1.54, 1.807) is 0 Å². The van der Waals surface area contributed by atoms with Crippen molar-refractivity contribution in [2.24, 2.45) is 10.2 Å². The summed E-state index contributed by atoms with van der Waals surface area (Å²) in [4.78, 5) is 13.1. The third kappa shape index (κ3) is 4.64. The number of nitrogens with zero attached hydrogens (tertiary/aromatic N) is 4. The maximum absolute atomic E-state index is 13.1. The van der Waals surface area contributed by atoms with Crippen molar-refractivity contribution in [3.05, 3.63) is 136 Å². The van der Waals surface area contributed by atoms with E-state index in [0.717, 1.165) is 34.6 Å². The minimum absolute atomic E-state index is 0.0799. The Bertz CT molecular complexity index is 1560. The number of halogens is 1. The second-order valence-electron chi connectivity index (χ2n) is 9.32. The molecule has 4 aromatic rings. The van der Waals surface area contributed by atoms with Gasteiger partial charge in [0.25, 0.3) is 5.91 Å². The summed E-state index contributed by atoms with van der Waals surface area (Å²) < 4.78 is 0. The molecule has 1 unspecified atom stereocenters. The molecule has 2 aliphatic heterocycles. The standard InChI is InChI=1S/C32H25ClN4O/c1-22-29(32(38)37(34-22)27-10-6-3-7-11-27)20-23-12-18-28(19-13-23)36-31(25-8-4-2-5-9-25)21-30(35-36)24-14-16-26(33)17-15-24/h2-20,31H,21H2,1H3/b29-20+. The van der Waals surface area contributed by atoms with Crippen molar-refractivity contribution >= 4 is 46.4 Å². The van der Waals surface area contributed by atoms with E-state index in [4.69, 9.17) is 16.7 Å². The number of benzene rings is 4. The van der Waals surface area contributed by atoms with E-state index in [9.17, 15) is 4.79 Å². The molecule has 0 aromatic heterocycles. The molecule has 0 bridgehead atoms. The Morgan fingerprint density at radius 3 is 2.13 bits per heavy atom. The lowest BCUT2D eigenvalue weighted by Gasteiger charge is -2.24.